The standard InChI is InChI=1S/C7H8F4N2/c1-2-13-5(7(10)11)3-4(12-13)6(8)9/h3,6-7H,2H2,1H3. The van der Waals surface area contributed by atoms with Gasteiger partial charge in [-0.15, -0.1) is 0 Å². The average molecular weight is 196 g/mol. The van der Waals surface area contributed by atoms with E-state index in [1.54, 1.807) is 6.92 Å². The van der Waals surface area contributed by atoms with Crippen LogP contribution in [0.5, 0.6) is 0 Å². The van der Waals surface area contributed by atoms with Crippen molar-refractivity contribution in [3.63, 3.8) is 0 Å². The Bertz CT molecular complexity index is 282. The number of aromatic nitrogens is 2. The highest BCUT2D eigenvalue weighted by Crippen LogP contribution is 2.24. The fourth-order valence-corrected chi connectivity index (χ4v) is 0.988. The van der Waals surface area contributed by atoms with Crippen LogP contribution < -0.4 is 0 Å². The summed E-state index contributed by atoms with van der Waals surface area (Å²) in [4.78, 5) is 0. The van der Waals surface area contributed by atoms with Gasteiger partial charge in [0.15, 0.2) is 0 Å². The molecule has 74 valence electrons. The number of nitrogens with zero attached hydrogens (tertiary/aromatic N) is 2. The molecule has 1 aromatic rings. The molecule has 0 amide bonds. The molecule has 0 N–H and O–H groups in total. The van der Waals surface area contributed by atoms with Gasteiger partial charge in [-0.2, -0.15) is 5.10 Å². The molecule has 0 aromatic carbocycles. The van der Waals surface area contributed by atoms with E-state index in [0.29, 0.717) is 0 Å². The molecule has 0 radical (unpaired) electrons. The lowest BCUT2D eigenvalue weighted by molar-refractivity contribution is 0.139. The summed E-state index contributed by atoms with van der Waals surface area (Å²) in [5, 5.41) is 3.34. The third-order valence-corrected chi connectivity index (χ3v) is 1.58. The predicted molar refractivity (Wildman–Crippen MR) is 37.8 cm³/mol. The molecule has 0 aliphatic rings. The summed E-state index contributed by atoms with van der Waals surface area (Å²) >= 11 is 0. The van der Waals surface area contributed by atoms with Crippen molar-refractivity contribution in [1.82, 2.24) is 9.78 Å². The summed E-state index contributed by atoms with van der Waals surface area (Å²) in [6.45, 7) is 1.72. The molecule has 0 saturated carbocycles. The zero-order valence-electron chi connectivity index (χ0n) is 6.85. The van der Waals surface area contributed by atoms with Crippen molar-refractivity contribution in [2.24, 2.45) is 0 Å². The van der Waals surface area contributed by atoms with Gasteiger partial charge in [0.05, 0.1) is 0 Å². The van der Waals surface area contributed by atoms with Gasteiger partial charge in [0.2, 0.25) is 0 Å². The van der Waals surface area contributed by atoms with Gasteiger partial charge in [-0.25, -0.2) is 17.6 Å². The van der Waals surface area contributed by atoms with Crippen molar-refractivity contribution in [2.75, 3.05) is 0 Å². The van der Waals surface area contributed by atoms with Crippen molar-refractivity contribution >= 4 is 0 Å². The van der Waals surface area contributed by atoms with Crippen LogP contribution in [0.15, 0.2) is 6.07 Å². The van der Waals surface area contributed by atoms with Crippen LogP contribution in [0.25, 0.3) is 0 Å². The Morgan fingerprint density at radius 2 is 1.92 bits per heavy atom. The second-order valence-electron chi connectivity index (χ2n) is 2.41. The molecule has 0 unspecified atom stereocenters. The van der Waals surface area contributed by atoms with Crippen LogP contribution in [0, 0.1) is 0 Å². The van der Waals surface area contributed by atoms with Gasteiger partial charge in [-0.1, -0.05) is 0 Å². The van der Waals surface area contributed by atoms with E-state index in [0.717, 1.165) is 10.7 Å². The van der Waals surface area contributed by atoms with E-state index in [1.165, 1.54) is 0 Å². The highest BCUT2D eigenvalue weighted by atomic mass is 19.3. The first kappa shape index (κ1) is 10.0. The Balaban J connectivity index is 3.04. The van der Waals surface area contributed by atoms with Crippen LogP contribution in [0.3, 0.4) is 0 Å². The molecule has 0 fully saturated rings. The Labute approximate surface area is 72.2 Å². The molecule has 1 rings (SSSR count). The van der Waals surface area contributed by atoms with Crippen LogP contribution in [0.2, 0.25) is 0 Å². The molecule has 0 spiro atoms. The zero-order valence-corrected chi connectivity index (χ0v) is 6.85. The minimum atomic E-state index is -2.80. The Morgan fingerprint density at radius 3 is 2.23 bits per heavy atom. The Morgan fingerprint density at radius 1 is 1.31 bits per heavy atom. The summed E-state index contributed by atoms with van der Waals surface area (Å²) < 4.78 is 49.3. The van der Waals surface area contributed by atoms with Crippen molar-refractivity contribution in [3.8, 4) is 0 Å². The lowest BCUT2D eigenvalue weighted by atomic mass is 10.3. The maximum absolute atomic E-state index is 12.2. The van der Waals surface area contributed by atoms with Crippen LogP contribution in [0.4, 0.5) is 17.6 Å². The number of halogens is 4. The average Bonchev–Trinajstić information content (AvgIpc) is 2.47. The molecule has 0 bridgehead atoms. The van der Waals surface area contributed by atoms with Crippen molar-refractivity contribution in [2.45, 2.75) is 26.3 Å². The SMILES string of the molecule is CCn1nc(C(F)F)cc1C(F)F. The zero-order chi connectivity index (χ0) is 10.0. The maximum Gasteiger partial charge on any atom is 0.282 e. The van der Waals surface area contributed by atoms with Crippen molar-refractivity contribution in [3.05, 3.63) is 17.5 Å². The predicted octanol–water partition coefficient (Wildman–Crippen LogP) is 2.78. The molecule has 0 saturated heterocycles. The largest absolute Gasteiger partial charge is 0.282 e. The number of aryl methyl sites for hydroxylation is 1. The second-order valence-corrected chi connectivity index (χ2v) is 2.41. The van der Waals surface area contributed by atoms with E-state index in [-0.39, 0.29) is 6.54 Å². The summed E-state index contributed by atoms with van der Waals surface area (Å²) in [5.41, 5.74) is -1.06. The summed E-state index contributed by atoms with van der Waals surface area (Å²) in [6, 6.07) is 0.735. The molecule has 1 aromatic heterocycles. The van der Waals surface area contributed by atoms with Gasteiger partial charge in [0.25, 0.3) is 12.9 Å². The van der Waals surface area contributed by atoms with Crippen LogP contribution in [-0.4, -0.2) is 9.78 Å². The molecular formula is C7H8F4N2. The topological polar surface area (TPSA) is 17.8 Å². The lowest BCUT2D eigenvalue weighted by Gasteiger charge is -2.01. The number of hydrogen-bond acceptors (Lipinski definition) is 1. The number of rotatable bonds is 3. The van der Waals surface area contributed by atoms with Crippen LogP contribution >= 0.6 is 0 Å². The molecule has 13 heavy (non-hydrogen) atoms. The van der Waals surface area contributed by atoms with E-state index in [9.17, 15) is 17.6 Å². The molecule has 0 aliphatic carbocycles. The van der Waals surface area contributed by atoms with E-state index >= 15 is 0 Å². The molecule has 0 aliphatic heterocycles. The Hall–Kier alpha value is -1.07. The smallest absolute Gasteiger partial charge is 0.264 e. The minimum absolute atomic E-state index is 0.159. The fourth-order valence-electron chi connectivity index (χ4n) is 0.988. The van der Waals surface area contributed by atoms with Gasteiger partial charge in [-0.05, 0) is 13.0 Å². The van der Waals surface area contributed by atoms with E-state index in [4.69, 9.17) is 0 Å². The van der Waals surface area contributed by atoms with E-state index in [1.807, 2.05) is 0 Å². The molecule has 0 atom stereocenters. The first-order valence-electron chi connectivity index (χ1n) is 3.70. The molecule has 2 nitrogen and oxygen atoms in total. The van der Waals surface area contributed by atoms with Gasteiger partial charge >= 0.3 is 0 Å². The summed E-state index contributed by atoms with van der Waals surface area (Å²) in [5.74, 6) is 0. The van der Waals surface area contributed by atoms with Crippen molar-refractivity contribution in [1.29, 1.82) is 0 Å². The van der Waals surface area contributed by atoms with Crippen LogP contribution in [0.1, 0.15) is 31.2 Å². The first-order valence-corrected chi connectivity index (χ1v) is 3.70. The van der Waals surface area contributed by atoms with Gasteiger partial charge in [0, 0.05) is 6.54 Å². The third-order valence-electron chi connectivity index (χ3n) is 1.58. The summed E-state index contributed by atoms with van der Waals surface area (Å²) in [7, 11) is 0. The third kappa shape index (κ3) is 1.99. The monoisotopic (exact) mass is 196 g/mol. The fraction of sp³-hybridized carbons (Fsp3) is 0.571. The lowest BCUT2D eigenvalue weighted by Crippen LogP contribution is -2.02. The second kappa shape index (κ2) is 3.76. The normalized spacial score (nSPS) is 11.6. The van der Waals surface area contributed by atoms with E-state index < -0.39 is 24.2 Å². The number of hydrogen-bond donors (Lipinski definition) is 0. The Kier molecular flexibility index (Phi) is 2.90. The van der Waals surface area contributed by atoms with E-state index in [2.05, 4.69) is 5.10 Å². The molecule has 1 heterocycles. The first-order chi connectivity index (χ1) is 6.06. The summed E-state index contributed by atoms with van der Waals surface area (Å²) in [6.07, 6.45) is -5.56. The highest BCUT2D eigenvalue weighted by molar-refractivity contribution is 5.12. The van der Waals surface area contributed by atoms with Gasteiger partial charge < -0.3 is 0 Å². The van der Waals surface area contributed by atoms with Gasteiger partial charge in [-0.3, -0.25) is 4.68 Å². The quantitative estimate of drug-likeness (QED) is 0.679. The van der Waals surface area contributed by atoms with Crippen LogP contribution in [-0.2, 0) is 6.54 Å². The minimum Gasteiger partial charge on any atom is -0.264 e. The van der Waals surface area contributed by atoms with Gasteiger partial charge in [0.1, 0.15) is 11.4 Å². The highest BCUT2D eigenvalue weighted by Gasteiger charge is 2.19. The molecule has 6 heteroatoms. The number of alkyl halides is 4. The van der Waals surface area contributed by atoms with Crippen molar-refractivity contribution < 1.29 is 17.6 Å². The molecular weight excluding hydrogens is 188 g/mol. The maximum atomic E-state index is 12.2.